The zero-order valence-corrected chi connectivity index (χ0v) is 18.6. The number of allylic oxidation sites excluding steroid dienone is 1. The molecule has 1 aliphatic heterocycles. The molecule has 1 aromatic rings. The van der Waals surface area contributed by atoms with Gasteiger partial charge in [0.15, 0.2) is 0 Å². The molecule has 0 radical (unpaired) electrons. The van der Waals surface area contributed by atoms with Crippen LogP contribution in [0.2, 0.25) is 0 Å². The van der Waals surface area contributed by atoms with E-state index in [2.05, 4.69) is 40.6 Å². The number of amides is 2. The first kappa shape index (κ1) is 24.2. The molecule has 3 N–H and O–H groups in total. The molecule has 0 saturated carbocycles. The standard InChI is InChI=1S/C24H31FN4O2/c1-6-16(4)22(24(31)27-13-14-29(7-2)8-3)17(5)26-12-11-19-20-15-18(25)9-10-21(20)28-23(19)30/h1,9-11,15-16,26H,7-8,12-14H2,2-5H3,(H,27,31)(H,28,30)/b19-11-,22-17+. The fourth-order valence-electron chi connectivity index (χ4n) is 3.50. The number of benzene rings is 1. The minimum atomic E-state index is -0.406. The van der Waals surface area contributed by atoms with Gasteiger partial charge in [0.2, 0.25) is 5.91 Å². The Bertz CT molecular complexity index is 926. The molecule has 166 valence electrons. The predicted molar refractivity (Wildman–Crippen MR) is 123 cm³/mol. The third kappa shape index (κ3) is 6.19. The molecule has 0 spiro atoms. The molecular weight excluding hydrogens is 395 g/mol. The molecular formula is C24H31FN4O2. The van der Waals surface area contributed by atoms with Crippen molar-refractivity contribution < 1.29 is 14.0 Å². The van der Waals surface area contributed by atoms with Crippen molar-refractivity contribution in [2.24, 2.45) is 5.92 Å². The first-order chi connectivity index (χ1) is 14.8. The number of halogens is 1. The number of hydrogen-bond acceptors (Lipinski definition) is 4. The molecule has 0 fully saturated rings. The van der Waals surface area contributed by atoms with Crippen molar-refractivity contribution in [3.05, 3.63) is 46.9 Å². The van der Waals surface area contributed by atoms with Crippen LogP contribution in [-0.4, -0.2) is 49.4 Å². The normalized spacial score (nSPS) is 15.8. The Balaban J connectivity index is 2.10. The lowest BCUT2D eigenvalue weighted by molar-refractivity contribution is -0.118. The fraction of sp³-hybridized carbons (Fsp3) is 0.417. The van der Waals surface area contributed by atoms with Crippen LogP contribution >= 0.6 is 0 Å². The summed E-state index contributed by atoms with van der Waals surface area (Å²) in [5.41, 5.74) is 2.63. The van der Waals surface area contributed by atoms with Gasteiger partial charge in [-0.2, -0.15) is 0 Å². The zero-order chi connectivity index (χ0) is 23.0. The van der Waals surface area contributed by atoms with Crippen molar-refractivity contribution in [1.82, 2.24) is 15.5 Å². The molecule has 1 aliphatic rings. The summed E-state index contributed by atoms with van der Waals surface area (Å²) in [4.78, 5) is 27.2. The number of carbonyl (C=O) groups excluding carboxylic acids is 2. The van der Waals surface area contributed by atoms with E-state index < -0.39 is 5.82 Å². The average Bonchev–Trinajstić information content (AvgIpc) is 3.05. The summed E-state index contributed by atoms with van der Waals surface area (Å²) in [7, 11) is 0. The van der Waals surface area contributed by atoms with Gasteiger partial charge in [0.05, 0.1) is 5.57 Å². The Morgan fingerprint density at radius 2 is 2.03 bits per heavy atom. The van der Waals surface area contributed by atoms with E-state index in [1.165, 1.54) is 18.2 Å². The first-order valence-electron chi connectivity index (χ1n) is 10.5. The summed E-state index contributed by atoms with van der Waals surface area (Å²) < 4.78 is 13.6. The van der Waals surface area contributed by atoms with Crippen LogP contribution in [0.4, 0.5) is 10.1 Å². The van der Waals surface area contributed by atoms with Crippen molar-refractivity contribution in [2.45, 2.75) is 27.7 Å². The highest BCUT2D eigenvalue weighted by atomic mass is 19.1. The van der Waals surface area contributed by atoms with E-state index in [1.54, 1.807) is 19.9 Å². The van der Waals surface area contributed by atoms with Crippen LogP contribution in [0.15, 0.2) is 35.5 Å². The van der Waals surface area contributed by atoms with Gasteiger partial charge in [0.1, 0.15) is 5.82 Å². The quantitative estimate of drug-likeness (QED) is 0.397. The molecule has 1 atom stereocenters. The van der Waals surface area contributed by atoms with Crippen LogP contribution in [0.3, 0.4) is 0 Å². The summed E-state index contributed by atoms with van der Waals surface area (Å²) in [6, 6.07) is 4.17. The maximum atomic E-state index is 13.6. The Morgan fingerprint density at radius 3 is 2.68 bits per heavy atom. The number of terminal acetylenes is 1. The van der Waals surface area contributed by atoms with E-state index in [0.717, 1.165) is 19.6 Å². The van der Waals surface area contributed by atoms with Crippen LogP contribution in [0.25, 0.3) is 5.57 Å². The highest BCUT2D eigenvalue weighted by Crippen LogP contribution is 2.31. The third-order valence-corrected chi connectivity index (χ3v) is 5.38. The van der Waals surface area contributed by atoms with E-state index in [9.17, 15) is 14.0 Å². The molecule has 2 rings (SSSR count). The lowest BCUT2D eigenvalue weighted by Crippen LogP contribution is -2.37. The maximum absolute atomic E-state index is 13.6. The third-order valence-electron chi connectivity index (χ3n) is 5.38. The molecule has 1 heterocycles. The van der Waals surface area contributed by atoms with Crippen LogP contribution in [-0.2, 0) is 9.59 Å². The minimum Gasteiger partial charge on any atom is -0.385 e. The van der Waals surface area contributed by atoms with Gasteiger partial charge in [-0.05, 0) is 45.1 Å². The highest BCUT2D eigenvalue weighted by molar-refractivity contribution is 6.31. The summed E-state index contributed by atoms with van der Waals surface area (Å²) in [6.07, 6.45) is 7.26. The number of likely N-dealkylation sites (N-methyl/N-ethyl adjacent to an activating group) is 1. The molecule has 1 unspecified atom stereocenters. The smallest absolute Gasteiger partial charge is 0.256 e. The minimum absolute atomic E-state index is 0.207. The van der Waals surface area contributed by atoms with Gasteiger partial charge in [-0.1, -0.05) is 25.8 Å². The van der Waals surface area contributed by atoms with Gasteiger partial charge >= 0.3 is 0 Å². The molecule has 2 amide bonds. The summed E-state index contributed by atoms with van der Waals surface area (Å²) >= 11 is 0. The summed E-state index contributed by atoms with van der Waals surface area (Å²) in [5.74, 6) is 1.34. The Morgan fingerprint density at radius 1 is 1.32 bits per heavy atom. The van der Waals surface area contributed by atoms with E-state index in [0.29, 0.717) is 34.6 Å². The summed E-state index contributed by atoms with van der Waals surface area (Å²) in [6.45, 7) is 11.2. The van der Waals surface area contributed by atoms with Crippen molar-refractivity contribution >= 4 is 23.1 Å². The molecule has 0 aliphatic carbocycles. The lowest BCUT2D eigenvalue weighted by atomic mass is 9.99. The second-order valence-corrected chi connectivity index (χ2v) is 7.35. The number of nitrogens with one attached hydrogen (secondary N) is 3. The lowest BCUT2D eigenvalue weighted by Gasteiger charge is -2.20. The number of hydrogen-bond donors (Lipinski definition) is 3. The van der Waals surface area contributed by atoms with Gasteiger partial charge in [-0.25, -0.2) is 4.39 Å². The molecule has 31 heavy (non-hydrogen) atoms. The number of anilines is 1. The van der Waals surface area contributed by atoms with E-state index >= 15 is 0 Å². The second-order valence-electron chi connectivity index (χ2n) is 7.35. The van der Waals surface area contributed by atoms with Crippen LogP contribution in [0.5, 0.6) is 0 Å². The zero-order valence-electron chi connectivity index (χ0n) is 18.6. The predicted octanol–water partition coefficient (Wildman–Crippen LogP) is 2.75. The fourth-order valence-corrected chi connectivity index (χ4v) is 3.50. The molecule has 7 heteroatoms. The van der Waals surface area contributed by atoms with Crippen LogP contribution < -0.4 is 16.0 Å². The van der Waals surface area contributed by atoms with E-state index in [4.69, 9.17) is 6.42 Å². The molecule has 1 aromatic carbocycles. The maximum Gasteiger partial charge on any atom is 0.256 e. The molecule has 0 bridgehead atoms. The van der Waals surface area contributed by atoms with Crippen molar-refractivity contribution in [2.75, 3.05) is 38.0 Å². The largest absolute Gasteiger partial charge is 0.385 e. The first-order valence-corrected chi connectivity index (χ1v) is 10.5. The van der Waals surface area contributed by atoms with Crippen LogP contribution in [0.1, 0.15) is 33.3 Å². The Hall–Kier alpha value is -3.11. The van der Waals surface area contributed by atoms with E-state index in [1.807, 2.05) is 0 Å². The van der Waals surface area contributed by atoms with Gasteiger partial charge in [0, 0.05) is 48.1 Å². The molecule has 6 nitrogen and oxygen atoms in total. The van der Waals surface area contributed by atoms with Crippen molar-refractivity contribution in [3.63, 3.8) is 0 Å². The topological polar surface area (TPSA) is 73.5 Å². The number of fused-ring (bicyclic) bond motifs is 1. The average molecular weight is 427 g/mol. The second kappa shape index (κ2) is 11.3. The Labute approximate surface area is 184 Å². The van der Waals surface area contributed by atoms with Crippen molar-refractivity contribution in [1.29, 1.82) is 0 Å². The summed E-state index contributed by atoms with van der Waals surface area (Å²) in [5, 5.41) is 8.81. The molecule has 0 aromatic heterocycles. The van der Waals surface area contributed by atoms with Gasteiger partial charge < -0.3 is 20.9 Å². The number of carbonyl (C=O) groups is 2. The highest BCUT2D eigenvalue weighted by Gasteiger charge is 2.24. The number of nitrogens with zero attached hydrogens (tertiary/aromatic N) is 1. The van der Waals surface area contributed by atoms with Gasteiger partial charge in [0.25, 0.3) is 5.91 Å². The van der Waals surface area contributed by atoms with Crippen LogP contribution in [0, 0.1) is 24.1 Å². The Kier molecular flexibility index (Phi) is 8.83. The van der Waals surface area contributed by atoms with Gasteiger partial charge in [-0.15, -0.1) is 6.42 Å². The van der Waals surface area contributed by atoms with Crippen molar-refractivity contribution in [3.8, 4) is 12.3 Å². The SMILES string of the molecule is C#CC(C)/C(C(=O)NCCN(CC)CC)=C(/C)NC/C=C1\C(=O)Nc2ccc(F)cc21. The molecule has 0 saturated heterocycles. The monoisotopic (exact) mass is 426 g/mol. The van der Waals surface area contributed by atoms with E-state index in [-0.39, 0.29) is 24.3 Å². The number of rotatable bonds is 10. The van der Waals surface area contributed by atoms with Gasteiger partial charge in [-0.3, -0.25) is 9.59 Å².